The highest BCUT2D eigenvalue weighted by molar-refractivity contribution is 6.35. The lowest BCUT2D eigenvalue weighted by molar-refractivity contribution is -0.137. The molecule has 166 valence electrons. The SMILES string of the molecule is C=CCN1C(=O)C(c2ccc(OCC)cc2)=C(N2CCC(Cc3ccccc3)CC2)C1=O. The normalized spacial score (nSPS) is 17.3. The zero-order valence-electron chi connectivity index (χ0n) is 18.6. The Morgan fingerprint density at radius 3 is 2.31 bits per heavy atom. The second-order valence-electron chi connectivity index (χ2n) is 8.31. The van der Waals surface area contributed by atoms with Crippen molar-refractivity contribution < 1.29 is 14.3 Å². The first kappa shape index (κ1) is 21.9. The fourth-order valence-electron chi connectivity index (χ4n) is 4.60. The number of carbonyl (C=O) groups is 2. The minimum absolute atomic E-state index is 0.214. The van der Waals surface area contributed by atoms with Crippen LogP contribution in [0.5, 0.6) is 5.75 Å². The van der Waals surface area contributed by atoms with Crippen molar-refractivity contribution in [2.24, 2.45) is 5.92 Å². The molecule has 0 spiro atoms. The van der Waals surface area contributed by atoms with Crippen molar-refractivity contribution in [3.63, 3.8) is 0 Å². The van der Waals surface area contributed by atoms with Crippen molar-refractivity contribution in [1.29, 1.82) is 0 Å². The molecule has 2 aliphatic rings. The number of amides is 2. The van der Waals surface area contributed by atoms with Crippen LogP contribution in [0.2, 0.25) is 0 Å². The third-order valence-electron chi connectivity index (χ3n) is 6.21. The third kappa shape index (κ3) is 4.47. The zero-order chi connectivity index (χ0) is 22.5. The molecule has 1 saturated heterocycles. The molecule has 2 heterocycles. The number of hydrogen-bond donors (Lipinski definition) is 0. The van der Waals surface area contributed by atoms with Crippen LogP contribution in [0.3, 0.4) is 0 Å². The van der Waals surface area contributed by atoms with Crippen LogP contribution in [0.4, 0.5) is 0 Å². The summed E-state index contributed by atoms with van der Waals surface area (Å²) in [5.74, 6) is 0.861. The molecule has 0 unspecified atom stereocenters. The topological polar surface area (TPSA) is 49.9 Å². The summed E-state index contributed by atoms with van der Waals surface area (Å²) in [6.45, 7) is 7.99. The number of hydrogen-bond acceptors (Lipinski definition) is 4. The average molecular weight is 431 g/mol. The summed E-state index contributed by atoms with van der Waals surface area (Å²) in [5.41, 5.74) is 3.12. The maximum atomic E-state index is 13.3. The Kier molecular flexibility index (Phi) is 6.74. The smallest absolute Gasteiger partial charge is 0.278 e. The molecular formula is C27H30N2O3. The monoisotopic (exact) mass is 430 g/mol. The van der Waals surface area contributed by atoms with Crippen LogP contribution < -0.4 is 4.74 Å². The summed E-state index contributed by atoms with van der Waals surface area (Å²) in [4.78, 5) is 29.9. The van der Waals surface area contributed by atoms with Gasteiger partial charge in [-0.2, -0.15) is 0 Å². The molecule has 2 amide bonds. The maximum Gasteiger partial charge on any atom is 0.278 e. The van der Waals surface area contributed by atoms with Gasteiger partial charge in [0.25, 0.3) is 11.8 Å². The van der Waals surface area contributed by atoms with Crippen molar-refractivity contribution in [1.82, 2.24) is 9.80 Å². The molecule has 0 bridgehead atoms. The highest BCUT2D eigenvalue weighted by Gasteiger charge is 2.41. The molecule has 2 aromatic rings. The summed E-state index contributed by atoms with van der Waals surface area (Å²) < 4.78 is 5.53. The standard InChI is InChI=1S/C27H30N2O3/c1-3-16-29-26(30)24(22-10-12-23(13-11-22)32-4-2)25(27(29)31)28-17-14-21(15-18-28)19-20-8-6-5-7-9-20/h3,5-13,21H,1,4,14-19H2,2H3. The fraction of sp³-hybridized carbons (Fsp3) is 0.333. The van der Waals surface area contributed by atoms with Gasteiger partial charge in [-0.25, -0.2) is 0 Å². The Labute approximate surface area is 190 Å². The van der Waals surface area contributed by atoms with Crippen molar-refractivity contribution in [2.45, 2.75) is 26.2 Å². The Hall–Kier alpha value is -3.34. The molecule has 0 saturated carbocycles. The van der Waals surface area contributed by atoms with Gasteiger partial charge in [-0.3, -0.25) is 14.5 Å². The first-order valence-corrected chi connectivity index (χ1v) is 11.4. The van der Waals surface area contributed by atoms with E-state index in [9.17, 15) is 9.59 Å². The maximum absolute atomic E-state index is 13.3. The van der Waals surface area contributed by atoms with Gasteiger partial charge >= 0.3 is 0 Å². The van der Waals surface area contributed by atoms with Crippen LogP contribution in [0.15, 0.2) is 72.9 Å². The molecule has 2 aliphatic heterocycles. The molecular weight excluding hydrogens is 400 g/mol. The van der Waals surface area contributed by atoms with Crippen molar-refractivity contribution in [2.75, 3.05) is 26.2 Å². The average Bonchev–Trinajstić information content (AvgIpc) is 3.06. The van der Waals surface area contributed by atoms with E-state index in [1.165, 1.54) is 10.5 Å². The van der Waals surface area contributed by atoms with Crippen molar-refractivity contribution in [3.05, 3.63) is 84.1 Å². The van der Waals surface area contributed by atoms with Crippen LogP contribution in [-0.2, 0) is 16.0 Å². The van der Waals surface area contributed by atoms with E-state index in [2.05, 4.69) is 35.7 Å². The van der Waals surface area contributed by atoms with Gasteiger partial charge in [0.1, 0.15) is 11.4 Å². The van der Waals surface area contributed by atoms with E-state index in [4.69, 9.17) is 4.74 Å². The molecule has 0 atom stereocenters. The summed E-state index contributed by atoms with van der Waals surface area (Å²) in [6.07, 6.45) is 4.64. The number of likely N-dealkylation sites (tertiary alicyclic amines) is 1. The van der Waals surface area contributed by atoms with Crippen molar-refractivity contribution >= 4 is 17.4 Å². The van der Waals surface area contributed by atoms with E-state index in [1.807, 2.05) is 37.3 Å². The number of ether oxygens (including phenoxy) is 1. The lowest BCUT2D eigenvalue weighted by atomic mass is 9.89. The van der Waals surface area contributed by atoms with Gasteiger partial charge in [0.05, 0.1) is 12.2 Å². The van der Waals surface area contributed by atoms with E-state index in [0.29, 0.717) is 23.8 Å². The number of carbonyl (C=O) groups excluding carboxylic acids is 2. The van der Waals surface area contributed by atoms with Crippen LogP contribution in [-0.4, -0.2) is 47.9 Å². The second-order valence-corrected chi connectivity index (χ2v) is 8.31. The van der Waals surface area contributed by atoms with E-state index in [0.717, 1.165) is 43.7 Å². The molecule has 0 N–H and O–H groups in total. The van der Waals surface area contributed by atoms with Gasteiger partial charge in [-0.1, -0.05) is 48.5 Å². The Morgan fingerprint density at radius 1 is 1.00 bits per heavy atom. The molecule has 2 aromatic carbocycles. The second kappa shape index (κ2) is 9.86. The van der Waals surface area contributed by atoms with Crippen LogP contribution in [0.1, 0.15) is 30.9 Å². The van der Waals surface area contributed by atoms with Gasteiger partial charge in [0, 0.05) is 19.6 Å². The van der Waals surface area contributed by atoms with Gasteiger partial charge in [-0.05, 0) is 55.4 Å². The molecule has 0 radical (unpaired) electrons. The highest BCUT2D eigenvalue weighted by Crippen LogP contribution is 2.35. The van der Waals surface area contributed by atoms with Crippen LogP contribution in [0, 0.1) is 5.92 Å². The zero-order valence-corrected chi connectivity index (χ0v) is 18.6. The number of rotatable bonds is 8. The minimum Gasteiger partial charge on any atom is -0.494 e. The lowest BCUT2D eigenvalue weighted by Gasteiger charge is -2.34. The first-order chi connectivity index (χ1) is 15.6. The molecule has 0 aromatic heterocycles. The van der Waals surface area contributed by atoms with E-state index in [1.54, 1.807) is 6.08 Å². The quantitative estimate of drug-likeness (QED) is 0.463. The minimum atomic E-state index is -0.250. The molecule has 5 heteroatoms. The lowest BCUT2D eigenvalue weighted by Crippen LogP contribution is -2.39. The predicted molar refractivity (Wildman–Crippen MR) is 126 cm³/mol. The third-order valence-corrected chi connectivity index (χ3v) is 6.21. The summed E-state index contributed by atoms with van der Waals surface area (Å²) in [7, 11) is 0. The van der Waals surface area contributed by atoms with Crippen LogP contribution in [0.25, 0.3) is 5.57 Å². The summed E-state index contributed by atoms with van der Waals surface area (Å²) in [5, 5.41) is 0. The Bertz CT molecular complexity index is 1000. The number of benzene rings is 2. The molecule has 1 fully saturated rings. The van der Waals surface area contributed by atoms with Crippen LogP contribution >= 0.6 is 0 Å². The van der Waals surface area contributed by atoms with Crippen molar-refractivity contribution in [3.8, 4) is 5.75 Å². The van der Waals surface area contributed by atoms with Gasteiger partial charge in [0.2, 0.25) is 0 Å². The highest BCUT2D eigenvalue weighted by atomic mass is 16.5. The van der Waals surface area contributed by atoms with E-state index in [-0.39, 0.29) is 18.4 Å². The molecule has 4 rings (SSSR count). The number of imide groups is 1. The Balaban J connectivity index is 1.57. The van der Waals surface area contributed by atoms with E-state index < -0.39 is 0 Å². The van der Waals surface area contributed by atoms with Gasteiger partial charge in [0.15, 0.2) is 0 Å². The number of piperidine rings is 1. The molecule has 0 aliphatic carbocycles. The van der Waals surface area contributed by atoms with E-state index >= 15 is 0 Å². The Morgan fingerprint density at radius 2 is 1.69 bits per heavy atom. The summed E-state index contributed by atoms with van der Waals surface area (Å²) >= 11 is 0. The summed E-state index contributed by atoms with van der Waals surface area (Å²) in [6, 6.07) is 18.0. The fourth-order valence-corrected chi connectivity index (χ4v) is 4.60. The molecule has 32 heavy (non-hydrogen) atoms. The predicted octanol–water partition coefficient (Wildman–Crippen LogP) is 4.31. The largest absolute Gasteiger partial charge is 0.494 e. The molecule has 5 nitrogen and oxygen atoms in total. The number of nitrogens with zero attached hydrogens (tertiary/aromatic N) is 2. The van der Waals surface area contributed by atoms with Gasteiger partial charge < -0.3 is 9.64 Å². The van der Waals surface area contributed by atoms with Gasteiger partial charge in [-0.15, -0.1) is 6.58 Å². The first-order valence-electron chi connectivity index (χ1n) is 11.4.